The number of aromatic amines is 1. The molecule has 0 aliphatic carbocycles. The third-order valence-electron chi connectivity index (χ3n) is 2.27. The van der Waals surface area contributed by atoms with Crippen LogP contribution in [0.5, 0.6) is 0 Å². The summed E-state index contributed by atoms with van der Waals surface area (Å²) < 4.78 is 31.4. The quantitative estimate of drug-likeness (QED) is 0.690. The summed E-state index contributed by atoms with van der Waals surface area (Å²) in [4.78, 5) is 13.2. The molecular formula is C12H20N2O4S. The minimum Gasteiger partial charge on any atom is -0.381 e. The fourth-order valence-corrected chi connectivity index (χ4v) is 2.39. The second kappa shape index (κ2) is 7.42. The first-order valence-corrected chi connectivity index (χ1v) is 7.66. The topological polar surface area (TPSA) is 88.3 Å². The van der Waals surface area contributed by atoms with E-state index in [1.165, 1.54) is 18.3 Å². The van der Waals surface area contributed by atoms with E-state index in [1.54, 1.807) is 0 Å². The Morgan fingerprint density at radius 1 is 1.37 bits per heavy atom. The van der Waals surface area contributed by atoms with Gasteiger partial charge in [-0.25, -0.2) is 13.1 Å². The standard InChI is InChI=1S/C12H20N2O4S/c1-10(2)9-18-7-3-6-14-19(16,17)11-4-5-12(15)13-8-11/h4-5,8,10,14H,3,6-7,9H2,1-2H3,(H,13,15). The lowest BCUT2D eigenvalue weighted by atomic mass is 10.2. The van der Waals surface area contributed by atoms with Crippen LogP contribution in [0.15, 0.2) is 28.0 Å². The van der Waals surface area contributed by atoms with Gasteiger partial charge in [0, 0.05) is 32.0 Å². The molecule has 1 aromatic rings. The number of hydrogen-bond acceptors (Lipinski definition) is 4. The van der Waals surface area contributed by atoms with E-state index in [1.807, 2.05) is 0 Å². The maximum Gasteiger partial charge on any atom is 0.247 e. The Hall–Kier alpha value is -1.18. The van der Waals surface area contributed by atoms with E-state index < -0.39 is 10.0 Å². The highest BCUT2D eigenvalue weighted by Crippen LogP contribution is 2.03. The van der Waals surface area contributed by atoms with Gasteiger partial charge in [-0.2, -0.15) is 0 Å². The summed E-state index contributed by atoms with van der Waals surface area (Å²) in [6.07, 6.45) is 1.79. The molecule has 2 N–H and O–H groups in total. The van der Waals surface area contributed by atoms with Crippen LogP contribution >= 0.6 is 0 Å². The van der Waals surface area contributed by atoms with Crippen LogP contribution in [0, 0.1) is 5.92 Å². The van der Waals surface area contributed by atoms with Crippen molar-refractivity contribution in [2.45, 2.75) is 25.2 Å². The SMILES string of the molecule is CC(C)COCCCNS(=O)(=O)c1ccc(=O)[nH]c1. The Morgan fingerprint density at radius 3 is 2.68 bits per heavy atom. The number of aromatic nitrogens is 1. The molecule has 0 unspecified atom stereocenters. The van der Waals surface area contributed by atoms with E-state index in [0.29, 0.717) is 32.1 Å². The second-order valence-electron chi connectivity index (χ2n) is 4.61. The van der Waals surface area contributed by atoms with Crippen LogP contribution in [0.4, 0.5) is 0 Å². The van der Waals surface area contributed by atoms with Gasteiger partial charge < -0.3 is 9.72 Å². The number of nitrogens with one attached hydrogen (secondary N) is 2. The molecule has 0 aromatic carbocycles. The van der Waals surface area contributed by atoms with Crippen molar-refractivity contribution in [1.82, 2.24) is 9.71 Å². The first-order chi connectivity index (χ1) is 8.92. The van der Waals surface area contributed by atoms with E-state index in [2.05, 4.69) is 23.6 Å². The maximum atomic E-state index is 11.8. The van der Waals surface area contributed by atoms with E-state index in [0.717, 1.165) is 0 Å². The van der Waals surface area contributed by atoms with Gasteiger partial charge in [0.15, 0.2) is 0 Å². The van der Waals surface area contributed by atoms with Crippen LogP contribution in [0.1, 0.15) is 20.3 Å². The Kier molecular flexibility index (Phi) is 6.20. The van der Waals surface area contributed by atoms with Crippen molar-refractivity contribution < 1.29 is 13.2 Å². The molecule has 19 heavy (non-hydrogen) atoms. The molecule has 0 saturated carbocycles. The molecule has 0 bridgehead atoms. The molecule has 1 rings (SSSR count). The molecule has 0 spiro atoms. The van der Waals surface area contributed by atoms with Crippen LogP contribution in [0.2, 0.25) is 0 Å². The molecule has 0 aliphatic rings. The molecule has 0 radical (unpaired) electrons. The summed E-state index contributed by atoms with van der Waals surface area (Å²) in [7, 11) is -3.56. The zero-order valence-corrected chi connectivity index (χ0v) is 12.0. The highest BCUT2D eigenvalue weighted by molar-refractivity contribution is 7.89. The molecule has 0 atom stereocenters. The van der Waals surface area contributed by atoms with Crippen molar-refractivity contribution in [2.75, 3.05) is 19.8 Å². The zero-order valence-electron chi connectivity index (χ0n) is 11.2. The maximum absolute atomic E-state index is 11.8. The summed E-state index contributed by atoms with van der Waals surface area (Å²) >= 11 is 0. The smallest absolute Gasteiger partial charge is 0.247 e. The number of sulfonamides is 1. The van der Waals surface area contributed by atoms with E-state index in [4.69, 9.17) is 4.74 Å². The molecule has 7 heteroatoms. The summed E-state index contributed by atoms with van der Waals surface area (Å²) in [6.45, 7) is 5.61. The lowest BCUT2D eigenvalue weighted by molar-refractivity contribution is 0.108. The highest BCUT2D eigenvalue weighted by atomic mass is 32.2. The molecule has 1 heterocycles. The highest BCUT2D eigenvalue weighted by Gasteiger charge is 2.12. The zero-order chi connectivity index (χ0) is 14.3. The van der Waals surface area contributed by atoms with Crippen molar-refractivity contribution in [3.8, 4) is 0 Å². The largest absolute Gasteiger partial charge is 0.381 e. The van der Waals surface area contributed by atoms with E-state index in [-0.39, 0.29) is 10.5 Å². The van der Waals surface area contributed by atoms with Crippen LogP contribution in [-0.2, 0) is 14.8 Å². The van der Waals surface area contributed by atoms with Crippen molar-refractivity contribution in [1.29, 1.82) is 0 Å². The predicted octanol–water partition coefficient (Wildman–Crippen LogP) is 0.716. The lowest BCUT2D eigenvalue weighted by Gasteiger charge is -2.08. The van der Waals surface area contributed by atoms with Gasteiger partial charge in [-0.3, -0.25) is 4.79 Å². The third kappa shape index (κ3) is 6.00. The van der Waals surface area contributed by atoms with E-state index in [9.17, 15) is 13.2 Å². The molecule has 0 saturated heterocycles. The summed E-state index contributed by atoms with van der Waals surface area (Å²) in [5, 5.41) is 0. The summed E-state index contributed by atoms with van der Waals surface area (Å²) in [5.41, 5.74) is -0.332. The number of pyridine rings is 1. The van der Waals surface area contributed by atoms with Gasteiger partial charge in [-0.15, -0.1) is 0 Å². The fraction of sp³-hybridized carbons (Fsp3) is 0.583. The van der Waals surface area contributed by atoms with Crippen molar-refractivity contribution in [3.05, 3.63) is 28.7 Å². The molecule has 0 amide bonds. The normalized spacial score (nSPS) is 11.9. The monoisotopic (exact) mass is 288 g/mol. The minimum absolute atomic E-state index is 0.0511. The average molecular weight is 288 g/mol. The van der Waals surface area contributed by atoms with Gasteiger partial charge in [0.2, 0.25) is 15.6 Å². The van der Waals surface area contributed by atoms with E-state index >= 15 is 0 Å². The summed E-state index contributed by atoms with van der Waals surface area (Å²) in [5.74, 6) is 0.470. The average Bonchev–Trinajstić information content (AvgIpc) is 2.34. The first kappa shape index (κ1) is 15.9. The Balaban J connectivity index is 2.35. The van der Waals surface area contributed by atoms with Crippen LogP contribution in [0.25, 0.3) is 0 Å². The molecule has 0 fully saturated rings. The van der Waals surface area contributed by atoms with Crippen LogP contribution < -0.4 is 10.3 Å². The third-order valence-corrected chi connectivity index (χ3v) is 3.73. The van der Waals surface area contributed by atoms with Gasteiger partial charge in [-0.05, 0) is 18.4 Å². The predicted molar refractivity (Wildman–Crippen MR) is 72.5 cm³/mol. The van der Waals surface area contributed by atoms with Gasteiger partial charge in [0.05, 0.1) is 4.90 Å². The molecule has 1 aromatic heterocycles. The molecule has 0 aliphatic heterocycles. The second-order valence-corrected chi connectivity index (χ2v) is 6.38. The van der Waals surface area contributed by atoms with Gasteiger partial charge >= 0.3 is 0 Å². The van der Waals surface area contributed by atoms with Crippen molar-refractivity contribution in [2.24, 2.45) is 5.92 Å². The van der Waals surface area contributed by atoms with Gasteiger partial charge in [-0.1, -0.05) is 13.8 Å². The Morgan fingerprint density at radius 2 is 2.11 bits per heavy atom. The van der Waals surface area contributed by atoms with Crippen molar-refractivity contribution >= 4 is 10.0 Å². The number of rotatable bonds is 8. The molecular weight excluding hydrogens is 268 g/mol. The number of ether oxygens (including phenoxy) is 1. The Bertz CT molecular complexity index is 516. The Labute approximate surface area is 113 Å². The fourth-order valence-electron chi connectivity index (χ4n) is 1.35. The summed E-state index contributed by atoms with van der Waals surface area (Å²) in [6, 6.07) is 2.46. The van der Waals surface area contributed by atoms with Crippen LogP contribution in [-0.4, -0.2) is 33.2 Å². The van der Waals surface area contributed by atoms with Gasteiger partial charge in [0.25, 0.3) is 0 Å². The molecule has 6 nitrogen and oxygen atoms in total. The van der Waals surface area contributed by atoms with Crippen LogP contribution in [0.3, 0.4) is 0 Å². The van der Waals surface area contributed by atoms with Gasteiger partial charge in [0.1, 0.15) is 0 Å². The lowest BCUT2D eigenvalue weighted by Crippen LogP contribution is -2.26. The number of hydrogen-bond donors (Lipinski definition) is 2. The first-order valence-electron chi connectivity index (χ1n) is 6.18. The number of H-pyrrole nitrogens is 1. The van der Waals surface area contributed by atoms with Crippen molar-refractivity contribution in [3.63, 3.8) is 0 Å². The molecule has 108 valence electrons. The minimum atomic E-state index is -3.56.